The summed E-state index contributed by atoms with van der Waals surface area (Å²) in [6.45, 7) is 1.91. The Morgan fingerprint density at radius 1 is 1.32 bits per heavy atom. The number of fused-ring (bicyclic) bond motifs is 1. The third kappa shape index (κ3) is 3.88. The van der Waals surface area contributed by atoms with Gasteiger partial charge in [-0.3, -0.25) is 4.79 Å². The SMILES string of the molecule is Cc1ccc(-c2ncon2)cc1NC(=O)c1c[nH]c2ncncc12.FC1CC1. The van der Waals surface area contributed by atoms with Gasteiger partial charge in [-0.15, -0.1) is 0 Å². The fraction of sp³-hybridized carbons (Fsp3) is 0.211. The molecule has 9 heteroatoms. The highest BCUT2D eigenvalue weighted by molar-refractivity contribution is 6.12. The van der Waals surface area contributed by atoms with E-state index in [2.05, 4.69) is 30.4 Å². The minimum Gasteiger partial charge on any atom is -0.345 e. The molecule has 142 valence electrons. The number of anilines is 1. The van der Waals surface area contributed by atoms with Gasteiger partial charge in [-0.1, -0.05) is 17.3 Å². The van der Waals surface area contributed by atoms with E-state index >= 15 is 0 Å². The third-order valence-corrected chi connectivity index (χ3v) is 4.21. The molecule has 0 atom stereocenters. The van der Waals surface area contributed by atoms with E-state index in [0.29, 0.717) is 28.1 Å². The van der Waals surface area contributed by atoms with E-state index in [1.165, 1.54) is 12.7 Å². The maximum Gasteiger partial charge on any atom is 0.257 e. The van der Waals surface area contributed by atoms with Crippen molar-refractivity contribution in [3.8, 4) is 11.4 Å². The first-order valence-corrected chi connectivity index (χ1v) is 8.71. The number of benzene rings is 1. The molecule has 1 aromatic carbocycles. The number of hydrogen-bond acceptors (Lipinski definition) is 6. The second kappa shape index (κ2) is 7.55. The summed E-state index contributed by atoms with van der Waals surface area (Å²) >= 11 is 0. The molecule has 1 aliphatic rings. The molecule has 8 nitrogen and oxygen atoms in total. The van der Waals surface area contributed by atoms with Gasteiger partial charge in [0.2, 0.25) is 12.2 Å². The maximum absolute atomic E-state index is 12.6. The minimum absolute atomic E-state index is 0.246. The van der Waals surface area contributed by atoms with Crippen molar-refractivity contribution in [2.45, 2.75) is 25.9 Å². The molecular weight excluding hydrogens is 363 g/mol. The monoisotopic (exact) mass is 380 g/mol. The van der Waals surface area contributed by atoms with Crippen LogP contribution in [0.4, 0.5) is 10.1 Å². The van der Waals surface area contributed by atoms with Crippen molar-refractivity contribution in [2.75, 3.05) is 5.32 Å². The Morgan fingerprint density at radius 2 is 2.14 bits per heavy atom. The molecule has 2 N–H and O–H groups in total. The van der Waals surface area contributed by atoms with Gasteiger partial charge in [0.05, 0.1) is 5.56 Å². The van der Waals surface area contributed by atoms with Gasteiger partial charge < -0.3 is 14.8 Å². The average Bonchev–Trinajstić information content (AvgIpc) is 3.16. The lowest BCUT2D eigenvalue weighted by atomic mass is 10.1. The van der Waals surface area contributed by atoms with Crippen molar-refractivity contribution in [3.05, 3.63) is 54.4 Å². The van der Waals surface area contributed by atoms with Crippen LogP contribution in [0.2, 0.25) is 0 Å². The topological polar surface area (TPSA) is 110 Å². The molecule has 0 aliphatic heterocycles. The third-order valence-electron chi connectivity index (χ3n) is 4.21. The van der Waals surface area contributed by atoms with Gasteiger partial charge in [-0.25, -0.2) is 14.4 Å². The van der Waals surface area contributed by atoms with Gasteiger partial charge in [-0.05, 0) is 31.4 Å². The van der Waals surface area contributed by atoms with E-state index in [9.17, 15) is 9.18 Å². The molecule has 0 unspecified atom stereocenters. The summed E-state index contributed by atoms with van der Waals surface area (Å²) in [4.78, 5) is 27.6. The molecule has 28 heavy (non-hydrogen) atoms. The van der Waals surface area contributed by atoms with Crippen molar-refractivity contribution in [1.29, 1.82) is 0 Å². The normalized spacial score (nSPS) is 13.1. The highest BCUT2D eigenvalue weighted by Gasteiger charge is 2.18. The lowest BCUT2D eigenvalue weighted by Crippen LogP contribution is -2.12. The molecule has 5 rings (SSSR count). The molecule has 1 amide bonds. The first kappa shape index (κ1) is 17.8. The van der Waals surface area contributed by atoms with E-state index in [0.717, 1.165) is 24.0 Å². The molecule has 0 saturated heterocycles. The van der Waals surface area contributed by atoms with Gasteiger partial charge in [0.15, 0.2) is 0 Å². The molecule has 1 fully saturated rings. The summed E-state index contributed by atoms with van der Waals surface area (Å²) in [6.07, 6.45) is 7.14. The van der Waals surface area contributed by atoms with Gasteiger partial charge in [0.25, 0.3) is 5.91 Å². The fourth-order valence-electron chi connectivity index (χ4n) is 2.49. The number of aryl methyl sites for hydroxylation is 1. The largest absolute Gasteiger partial charge is 0.345 e. The number of carbonyl (C=O) groups excluding carboxylic acids is 1. The van der Waals surface area contributed by atoms with Crippen LogP contribution in [0.25, 0.3) is 22.4 Å². The number of nitrogens with zero attached hydrogens (tertiary/aromatic N) is 4. The smallest absolute Gasteiger partial charge is 0.257 e. The van der Waals surface area contributed by atoms with Gasteiger partial charge in [-0.2, -0.15) is 4.98 Å². The Labute approximate surface area is 159 Å². The lowest BCUT2D eigenvalue weighted by Gasteiger charge is -2.09. The van der Waals surface area contributed by atoms with Crippen LogP contribution in [0.5, 0.6) is 0 Å². The Morgan fingerprint density at radius 3 is 2.86 bits per heavy atom. The van der Waals surface area contributed by atoms with Crippen LogP contribution < -0.4 is 5.32 Å². The first-order chi connectivity index (χ1) is 13.6. The van der Waals surface area contributed by atoms with Crippen molar-refractivity contribution in [1.82, 2.24) is 25.1 Å². The number of nitrogens with one attached hydrogen (secondary N) is 2. The molecule has 3 heterocycles. The first-order valence-electron chi connectivity index (χ1n) is 8.71. The maximum atomic E-state index is 12.6. The van der Waals surface area contributed by atoms with Crippen molar-refractivity contribution in [2.24, 2.45) is 0 Å². The van der Waals surface area contributed by atoms with Gasteiger partial charge in [0, 0.05) is 29.0 Å². The standard InChI is InChI=1S/C16H12N6O2.C3H5F/c1-9-2-3-10(14-20-8-24-22-14)4-13(9)21-16(23)12-6-18-15-11(12)5-17-7-19-15;4-3-1-2-3/h2-8H,1H3,(H,21,23)(H,17,18,19);3H,1-2H2. The zero-order valence-corrected chi connectivity index (χ0v) is 15.0. The van der Waals surface area contributed by atoms with E-state index < -0.39 is 6.17 Å². The van der Waals surface area contributed by atoms with Crippen LogP contribution >= 0.6 is 0 Å². The summed E-state index contributed by atoms with van der Waals surface area (Å²) in [5, 5.41) is 7.38. The van der Waals surface area contributed by atoms with Crippen molar-refractivity contribution in [3.63, 3.8) is 0 Å². The number of H-pyrrole nitrogens is 1. The quantitative estimate of drug-likeness (QED) is 0.561. The summed E-state index contributed by atoms with van der Waals surface area (Å²) < 4.78 is 15.9. The van der Waals surface area contributed by atoms with Crippen LogP contribution in [0.15, 0.2) is 47.8 Å². The molecule has 0 spiro atoms. The number of aromatic amines is 1. The summed E-state index contributed by atoms with van der Waals surface area (Å²) in [5.41, 5.74) is 3.45. The lowest BCUT2D eigenvalue weighted by molar-refractivity contribution is 0.102. The highest BCUT2D eigenvalue weighted by atomic mass is 19.1. The van der Waals surface area contributed by atoms with Crippen LogP contribution in [0, 0.1) is 6.92 Å². The highest BCUT2D eigenvalue weighted by Crippen LogP contribution is 2.24. The van der Waals surface area contributed by atoms with E-state index in [-0.39, 0.29) is 5.91 Å². The van der Waals surface area contributed by atoms with Crippen molar-refractivity contribution >= 4 is 22.6 Å². The number of carbonyl (C=O) groups is 1. The summed E-state index contributed by atoms with van der Waals surface area (Å²) in [5.74, 6) is 0.218. The van der Waals surface area contributed by atoms with Crippen LogP contribution in [0.1, 0.15) is 28.8 Å². The molecule has 1 aliphatic carbocycles. The number of hydrogen-bond donors (Lipinski definition) is 2. The zero-order chi connectivity index (χ0) is 19.5. The van der Waals surface area contributed by atoms with Gasteiger partial charge >= 0.3 is 0 Å². The Bertz CT molecular complexity index is 1100. The number of halogens is 1. The summed E-state index contributed by atoms with van der Waals surface area (Å²) in [7, 11) is 0. The molecule has 1 saturated carbocycles. The minimum atomic E-state index is -0.417. The number of aromatic nitrogens is 5. The van der Waals surface area contributed by atoms with Crippen molar-refractivity contribution < 1.29 is 13.7 Å². The molecule has 4 aromatic rings. The van der Waals surface area contributed by atoms with Gasteiger partial charge in [0.1, 0.15) is 18.1 Å². The Kier molecular flexibility index (Phi) is 4.79. The second-order valence-corrected chi connectivity index (χ2v) is 6.40. The predicted molar refractivity (Wildman–Crippen MR) is 100 cm³/mol. The Balaban J connectivity index is 0.000000429. The summed E-state index contributed by atoms with van der Waals surface area (Å²) in [6, 6.07) is 5.57. The Hall–Kier alpha value is -3.62. The van der Waals surface area contributed by atoms with Crippen LogP contribution in [-0.4, -0.2) is 37.2 Å². The molecule has 0 bridgehead atoms. The van der Waals surface area contributed by atoms with Crippen LogP contribution in [0.3, 0.4) is 0 Å². The fourth-order valence-corrected chi connectivity index (χ4v) is 2.49. The number of alkyl halides is 1. The predicted octanol–water partition coefficient (Wildman–Crippen LogP) is 3.69. The zero-order valence-electron chi connectivity index (χ0n) is 15.0. The van der Waals surface area contributed by atoms with E-state index in [1.807, 2.05) is 25.1 Å². The molecule has 3 aromatic heterocycles. The number of rotatable bonds is 3. The van der Waals surface area contributed by atoms with E-state index in [4.69, 9.17) is 4.52 Å². The van der Waals surface area contributed by atoms with E-state index in [1.54, 1.807) is 12.4 Å². The van der Waals surface area contributed by atoms with Crippen LogP contribution in [-0.2, 0) is 0 Å². The average molecular weight is 380 g/mol. The molecule has 0 radical (unpaired) electrons. The second-order valence-electron chi connectivity index (χ2n) is 6.40. The number of amides is 1. The molecular formula is C19H17FN6O2.